The van der Waals surface area contributed by atoms with Crippen molar-refractivity contribution in [3.63, 3.8) is 0 Å². The van der Waals surface area contributed by atoms with E-state index in [1.807, 2.05) is 34.9 Å². The Morgan fingerprint density at radius 1 is 1.06 bits per heavy atom. The number of nitrogens with two attached hydrogens (primary N) is 1. The number of nitrogen functional groups attached to an aromatic ring is 1. The van der Waals surface area contributed by atoms with Crippen molar-refractivity contribution in [2.24, 2.45) is 0 Å². The molecule has 0 amide bonds. The highest BCUT2D eigenvalue weighted by atomic mass is 35.5. The third-order valence-corrected chi connectivity index (χ3v) is 5.96. The maximum Gasteiger partial charge on any atom is 0.326 e. The Labute approximate surface area is 190 Å². The Morgan fingerprint density at radius 3 is 2.47 bits per heavy atom. The van der Waals surface area contributed by atoms with E-state index < -0.39 is 0 Å². The van der Waals surface area contributed by atoms with Crippen LogP contribution in [-0.4, -0.2) is 46.8 Å². The van der Waals surface area contributed by atoms with E-state index in [0.717, 1.165) is 42.4 Å². The second-order valence-electron chi connectivity index (χ2n) is 7.67. The molecule has 10 heteroatoms. The summed E-state index contributed by atoms with van der Waals surface area (Å²) in [6.07, 6.45) is 1.63. The quantitative estimate of drug-likeness (QED) is 0.485. The molecule has 4 aromatic rings. The average Bonchev–Trinajstić information content (AvgIpc) is 3.13. The molecule has 2 aromatic carbocycles. The van der Waals surface area contributed by atoms with Crippen LogP contribution in [-0.2, 0) is 0 Å². The second kappa shape index (κ2) is 8.58. The molecule has 2 aromatic heterocycles. The molecule has 3 heterocycles. The highest BCUT2D eigenvalue weighted by molar-refractivity contribution is 5.91. The Kier molecular flexibility index (Phi) is 5.84. The van der Waals surface area contributed by atoms with Crippen LogP contribution in [0.25, 0.3) is 21.9 Å². The molecule has 0 unspecified atom stereocenters. The summed E-state index contributed by atoms with van der Waals surface area (Å²) in [5, 5.41) is 0.724. The van der Waals surface area contributed by atoms with Gasteiger partial charge in [0.05, 0.1) is 30.8 Å². The lowest BCUT2D eigenvalue weighted by molar-refractivity contribution is 0.356. The molecule has 1 saturated heterocycles. The van der Waals surface area contributed by atoms with E-state index in [9.17, 15) is 4.79 Å². The summed E-state index contributed by atoms with van der Waals surface area (Å²) in [4.78, 5) is 26.8. The van der Waals surface area contributed by atoms with Crippen LogP contribution in [0.1, 0.15) is 18.9 Å². The van der Waals surface area contributed by atoms with E-state index in [4.69, 9.17) is 20.2 Å². The summed E-state index contributed by atoms with van der Waals surface area (Å²) in [6, 6.07) is 11.5. The predicted molar refractivity (Wildman–Crippen MR) is 127 cm³/mol. The van der Waals surface area contributed by atoms with Crippen molar-refractivity contribution < 1.29 is 9.47 Å². The number of aromatic amines is 1. The van der Waals surface area contributed by atoms with Gasteiger partial charge in [0.1, 0.15) is 5.82 Å². The minimum Gasteiger partial charge on any atom is -0.493 e. The minimum absolute atomic E-state index is 0. The lowest BCUT2D eigenvalue weighted by atomic mass is 10.0. The van der Waals surface area contributed by atoms with Crippen LogP contribution in [0.15, 0.2) is 41.2 Å². The monoisotopic (exact) mass is 456 g/mol. The minimum atomic E-state index is -0.0631. The number of piperidine rings is 1. The molecular formula is C22H25ClN6O3. The summed E-state index contributed by atoms with van der Waals surface area (Å²) in [5.41, 5.74) is 8.69. The van der Waals surface area contributed by atoms with E-state index in [2.05, 4.69) is 14.9 Å². The van der Waals surface area contributed by atoms with Crippen LogP contribution in [0.3, 0.4) is 0 Å². The molecule has 0 atom stereocenters. The Hall–Kier alpha value is -3.46. The number of nitrogens with one attached hydrogen (secondary N) is 1. The summed E-state index contributed by atoms with van der Waals surface area (Å²) >= 11 is 0. The number of anilines is 2. The molecule has 1 aliphatic heterocycles. The van der Waals surface area contributed by atoms with Crippen LogP contribution >= 0.6 is 12.4 Å². The highest BCUT2D eigenvalue weighted by Crippen LogP contribution is 2.35. The van der Waals surface area contributed by atoms with Gasteiger partial charge in [-0.05, 0) is 31.0 Å². The Morgan fingerprint density at radius 2 is 1.75 bits per heavy atom. The normalized spacial score (nSPS) is 14.5. The lowest BCUT2D eigenvalue weighted by Crippen LogP contribution is -2.38. The zero-order chi connectivity index (χ0) is 21.5. The maximum atomic E-state index is 12.5. The first-order valence-corrected chi connectivity index (χ1v) is 10.2. The van der Waals surface area contributed by atoms with Crippen LogP contribution in [0.4, 0.5) is 11.8 Å². The van der Waals surface area contributed by atoms with Gasteiger partial charge in [0.15, 0.2) is 11.5 Å². The topological polar surface area (TPSA) is 111 Å². The summed E-state index contributed by atoms with van der Waals surface area (Å²) in [5.74, 6) is 2.16. The molecule has 1 aliphatic rings. The van der Waals surface area contributed by atoms with Gasteiger partial charge in [-0.3, -0.25) is 4.57 Å². The molecule has 1 fully saturated rings. The standard InChI is InChI=1S/C22H24N6O3.ClH/c1-30-18-11-14-16(12-19(18)31-2)24-21(26-20(14)23)27-9-7-13(8-10-27)28-17-6-4-3-5-15(17)25-22(28)29;/h3-6,11-13H,7-10H2,1-2H3,(H,25,29)(H2,23,24,26);1H. The summed E-state index contributed by atoms with van der Waals surface area (Å²) in [7, 11) is 3.17. The van der Waals surface area contributed by atoms with E-state index >= 15 is 0 Å². The number of aromatic nitrogens is 4. The second-order valence-corrected chi connectivity index (χ2v) is 7.67. The van der Waals surface area contributed by atoms with Gasteiger partial charge in [-0.15, -0.1) is 12.4 Å². The van der Waals surface area contributed by atoms with Crippen molar-refractivity contribution in [2.45, 2.75) is 18.9 Å². The van der Waals surface area contributed by atoms with Gasteiger partial charge >= 0.3 is 5.69 Å². The number of hydrogen-bond acceptors (Lipinski definition) is 7. The van der Waals surface area contributed by atoms with Crippen molar-refractivity contribution in [3.8, 4) is 11.5 Å². The van der Waals surface area contributed by atoms with Gasteiger partial charge in [0.25, 0.3) is 0 Å². The van der Waals surface area contributed by atoms with E-state index in [1.165, 1.54) is 0 Å². The number of hydrogen-bond donors (Lipinski definition) is 2. The molecule has 0 bridgehead atoms. The molecule has 0 saturated carbocycles. The first-order valence-electron chi connectivity index (χ1n) is 10.2. The fraction of sp³-hybridized carbons (Fsp3) is 0.318. The lowest BCUT2D eigenvalue weighted by Gasteiger charge is -2.32. The first kappa shape index (κ1) is 21.8. The van der Waals surface area contributed by atoms with Crippen LogP contribution in [0, 0.1) is 0 Å². The van der Waals surface area contributed by atoms with Crippen molar-refractivity contribution in [3.05, 3.63) is 46.9 Å². The van der Waals surface area contributed by atoms with Gasteiger partial charge in [0.2, 0.25) is 5.95 Å². The SMILES string of the molecule is COc1cc2nc(N3CCC(n4c(=O)[nH]c5ccccc54)CC3)nc(N)c2cc1OC.Cl. The largest absolute Gasteiger partial charge is 0.493 e. The zero-order valence-corrected chi connectivity index (χ0v) is 18.7. The fourth-order valence-corrected chi connectivity index (χ4v) is 4.37. The van der Waals surface area contributed by atoms with E-state index in [-0.39, 0.29) is 24.1 Å². The summed E-state index contributed by atoms with van der Waals surface area (Å²) in [6.45, 7) is 1.46. The molecular weight excluding hydrogens is 432 g/mol. The number of halogens is 1. The number of methoxy groups -OCH3 is 2. The van der Waals surface area contributed by atoms with Crippen LogP contribution in [0.2, 0.25) is 0 Å². The van der Waals surface area contributed by atoms with Gasteiger partial charge < -0.3 is 25.1 Å². The molecule has 168 valence electrons. The van der Waals surface area contributed by atoms with Gasteiger partial charge in [0, 0.05) is 30.6 Å². The number of para-hydroxylation sites is 2. The molecule has 0 radical (unpaired) electrons. The smallest absolute Gasteiger partial charge is 0.326 e. The van der Waals surface area contributed by atoms with Gasteiger partial charge in [-0.1, -0.05) is 12.1 Å². The van der Waals surface area contributed by atoms with Crippen molar-refractivity contribution >= 4 is 46.1 Å². The van der Waals surface area contributed by atoms with Crippen molar-refractivity contribution in [2.75, 3.05) is 37.9 Å². The number of fused-ring (bicyclic) bond motifs is 2. The third-order valence-electron chi connectivity index (χ3n) is 5.96. The number of ether oxygens (including phenoxy) is 2. The molecule has 32 heavy (non-hydrogen) atoms. The predicted octanol–water partition coefficient (Wildman–Crippen LogP) is 3.14. The highest BCUT2D eigenvalue weighted by Gasteiger charge is 2.25. The molecule has 3 N–H and O–H groups in total. The molecule has 5 rings (SSSR count). The number of rotatable bonds is 4. The van der Waals surface area contributed by atoms with Crippen LogP contribution in [0.5, 0.6) is 11.5 Å². The average molecular weight is 457 g/mol. The third kappa shape index (κ3) is 3.58. The number of H-pyrrole nitrogens is 1. The van der Waals surface area contributed by atoms with E-state index in [1.54, 1.807) is 20.3 Å². The maximum absolute atomic E-state index is 12.5. The number of imidazole rings is 1. The first-order chi connectivity index (χ1) is 15.1. The zero-order valence-electron chi connectivity index (χ0n) is 17.9. The van der Waals surface area contributed by atoms with Crippen molar-refractivity contribution in [1.29, 1.82) is 0 Å². The number of nitrogens with zero attached hydrogens (tertiary/aromatic N) is 4. The Bertz CT molecular complexity index is 1330. The van der Waals surface area contributed by atoms with E-state index in [0.29, 0.717) is 28.8 Å². The van der Waals surface area contributed by atoms with Gasteiger partial charge in [-0.25, -0.2) is 9.78 Å². The Balaban J connectivity index is 0.00000245. The van der Waals surface area contributed by atoms with Gasteiger partial charge in [-0.2, -0.15) is 4.98 Å². The fourth-order valence-electron chi connectivity index (χ4n) is 4.37. The molecule has 0 aliphatic carbocycles. The molecule has 9 nitrogen and oxygen atoms in total. The van der Waals surface area contributed by atoms with Crippen molar-refractivity contribution in [1.82, 2.24) is 19.5 Å². The van der Waals surface area contributed by atoms with Crippen LogP contribution < -0.4 is 25.8 Å². The molecule has 0 spiro atoms. The summed E-state index contributed by atoms with van der Waals surface area (Å²) < 4.78 is 12.6. The number of benzene rings is 2.